The Hall–Kier alpha value is -4.40. The molecule has 3 aromatic rings. The average molecular weight is 492 g/mol. The number of benzene rings is 3. The zero-order valence-electron chi connectivity index (χ0n) is 20.6. The average Bonchev–Trinajstić information content (AvgIpc) is 2.85. The fourth-order valence-electron chi connectivity index (χ4n) is 3.28. The van der Waals surface area contributed by atoms with Gasteiger partial charge in [-0.2, -0.15) is 0 Å². The summed E-state index contributed by atoms with van der Waals surface area (Å²) in [6.45, 7) is 5.64. The van der Waals surface area contributed by atoms with Gasteiger partial charge in [-0.1, -0.05) is 54.6 Å². The quantitative estimate of drug-likeness (QED) is 0.194. The molecule has 0 heterocycles. The van der Waals surface area contributed by atoms with Crippen LogP contribution >= 0.6 is 0 Å². The molecule has 3 rings (SSSR count). The van der Waals surface area contributed by atoms with Gasteiger partial charge in [0.15, 0.2) is 0 Å². The predicted molar refractivity (Wildman–Crippen MR) is 136 cm³/mol. The van der Waals surface area contributed by atoms with Gasteiger partial charge in [0.1, 0.15) is 24.0 Å². The van der Waals surface area contributed by atoms with E-state index in [4.69, 9.17) is 14.2 Å². The SMILES string of the molecule is COC(=NC(c1ccc(OCc2ccccc2)cc1)c1cccc([N+](=O)[O-])c1)NC(=O)OC(C)(C)C. The van der Waals surface area contributed by atoms with Crippen LogP contribution in [0.15, 0.2) is 83.9 Å². The second-order valence-electron chi connectivity index (χ2n) is 8.86. The van der Waals surface area contributed by atoms with Gasteiger partial charge in [-0.3, -0.25) is 10.1 Å². The van der Waals surface area contributed by atoms with E-state index in [-0.39, 0.29) is 11.7 Å². The largest absolute Gasteiger partial charge is 0.489 e. The van der Waals surface area contributed by atoms with Gasteiger partial charge in [0.2, 0.25) is 0 Å². The van der Waals surface area contributed by atoms with Crippen molar-refractivity contribution in [2.24, 2.45) is 4.99 Å². The molecule has 1 N–H and O–H groups in total. The van der Waals surface area contributed by atoms with E-state index in [0.717, 1.165) is 5.56 Å². The summed E-state index contributed by atoms with van der Waals surface area (Å²) >= 11 is 0. The van der Waals surface area contributed by atoms with Crippen molar-refractivity contribution in [1.82, 2.24) is 5.32 Å². The fraction of sp³-hybridized carbons (Fsp3) is 0.259. The van der Waals surface area contributed by atoms with Gasteiger partial charge >= 0.3 is 6.09 Å². The molecule has 9 heteroatoms. The second kappa shape index (κ2) is 11.8. The highest BCUT2D eigenvalue weighted by Crippen LogP contribution is 2.30. The van der Waals surface area contributed by atoms with E-state index in [1.165, 1.54) is 19.2 Å². The van der Waals surface area contributed by atoms with Crippen LogP contribution in [0.3, 0.4) is 0 Å². The Morgan fingerprint density at radius 1 is 1.00 bits per heavy atom. The lowest BCUT2D eigenvalue weighted by Gasteiger charge is -2.20. The molecular formula is C27H29N3O6. The van der Waals surface area contributed by atoms with Crippen molar-refractivity contribution in [3.8, 4) is 5.75 Å². The van der Waals surface area contributed by atoms with Crippen molar-refractivity contribution in [2.45, 2.75) is 39.0 Å². The summed E-state index contributed by atoms with van der Waals surface area (Å²) in [7, 11) is 1.36. The van der Waals surface area contributed by atoms with Crippen LogP contribution in [0.2, 0.25) is 0 Å². The van der Waals surface area contributed by atoms with Crippen LogP contribution in [0.4, 0.5) is 10.5 Å². The normalized spacial score (nSPS) is 12.4. The standard InChI is InChI=1S/C27H29N3O6/c1-27(2,3)36-26(31)29-25(34-4)28-24(21-11-8-12-22(17-21)30(32)33)20-13-15-23(16-14-20)35-18-19-9-6-5-7-10-19/h5-17,24H,18H2,1-4H3,(H,28,29,31). The second-order valence-corrected chi connectivity index (χ2v) is 8.86. The van der Waals surface area contributed by atoms with E-state index >= 15 is 0 Å². The number of amides is 1. The summed E-state index contributed by atoms with van der Waals surface area (Å²) < 4.78 is 16.4. The van der Waals surface area contributed by atoms with Gasteiger partial charge in [-0.05, 0) is 49.6 Å². The summed E-state index contributed by atoms with van der Waals surface area (Å²) in [4.78, 5) is 27.7. The number of amidine groups is 1. The van der Waals surface area contributed by atoms with Crippen molar-refractivity contribution in [3.63, 3.8) is 0 Å². The number of nitrogens with one attached hydrogen (secondary N) is 1. The third kappa shape index (κ3) is 7.83. The summed E-state index contributed by atoms with van der Waals surface area (Å²) in [5.74, 6) is 0.656. The number of carbonyl (C=O) groups is 1. The number of carbonyl (C=O) groups excluding carboxylic acids is 1. The van der Waals surface area contributed by atoms with E-state index in [1.807, 2.05) is 42.5 Å². The molecule has 0 saturated heterocycles. The Kier molecular flexibility index (Phi) is 8.61. The highest BCUT2D eigenvalue weighted by Gasteiger charge is 2.21. The minimum atomic E-state index is -0.731. The Labute approximate surface area is 209 Å². The molecule has 0 bridgehead atoms. The highest BCUT2D eigenvalue weighted by atomic mass is 16.6. The fourth-order valence-corrected chi connectivity index (χ4v) is 3.28. The molecule has 1 amide bonds. The van der Waals surface area contributed by atoms with Gasteiger partial charge < -0.3 is 14.2 Å². The lowest BCUT2D eigenvalue weighted by atomic mass is 9.98. The topological polar surface area (TPSA) is 112 Å². The minimum Gasteiger partial charge on any atom is -0.489 e. The van der Waals surface area contributed by atoms with Crippen molar-refractivity contribution in [2.75, 3.05) is 7.11 Å². The Morgan fingerprint density at radius 2 is 1.69 bits per heavy atom. The number of methoxy groups -OCH3 is 1. The monoisotopic (exact) mass is 491 g/mol. The molecule has 188 valence electrons. The van der Waals surface area contributed by atoms with Crippen molar-refractivity contribution in [3.05, 3.63) is 106 Å². The number of hydrogen-bond acceptors (Lipinski definition) is 7. The molecule has 0 aliphatic heterocycles. The summed E-state index contributed by atoms with van der Waals surface area (Å²) in [5.41, 5.74) is 1.51. The number of nitro groups is 1. The third-order valence-electron chi connectivity index (χ3n) is 4.89. The molecule has 0 spiro atoms. The molecule has 0 radical (unpaired) electrons. The molecular weight excluding hydrogens is 462 g/mol. The van der Waals surface area contributed by atoms with Crippen LogP contribution in [0.1, 0.15) is 43.5 Å². The van der Waals surface area contributed by atoms with Crippen molar-refractivity contribution >= 4 is 17.8 Å². The van der Waals surface area contributed by atoms with Crippen LogP contribution in [-0.2, 0) is 16.1 Å². The maximum atomic E-state index is 12.3. The third-order valence-corrected chi connectivity index (χ3v) is 4.89. The molecule has 0 aromatic heterocycles. The molecule has 0 aliphatic carbocycles. The molecule has 0 aliphatic rings. The van der Waals surface area contributed by atoms with E-state index in [9.17, 15) is 14.9 Å². The number of nitro benzene ring substituents is 1. The first-order valence-electron chi connectivity index (χ1n) is 11.3. The summed E-state index contributed by atoms with van der Waals surface area (Å²) in [5, 5.41) is 13.8. The maximum Gasteiger partial charge on any atom is 0.415 e. The van der Waals surface area contributed by atoms with Crippen LogP contribution in [-0.4, -0.2) is 29.7 Å². The summed E-state index contributed by atoms with van der Waals surface area (Å²) in [6, 6.07) is 22.4. The number of rotatable bonds is 7. The van der Waals surface area contributed by atoms with Gasteiger partial charge in [0.05, 0.1) is 12.0 Å². The number of nitrogens with zero attached hydrogens (tertiary/aromatic N) is 2. The van der Waals surface area contributed by atoms with Crippen LogP contribution in [0.25, 0.3) is 0 Å². The molecule has 36 heavy (non-hydrogen) atoms. The predicted octanol–water partition coefficient (Wildman–Crippen LogP) is 5.79. The highest BCUT2D eigenvalue weighted by molar-refractivity contribution is 5.90. The first kappa shape index (κ1) is 26.2. The number of hydrogen-bond donors (Lipinski definition) is 1. The lowest BCUT2D eigenvalue weighted by molar-refractivity contribution is -0.384. The van der Waals surface area contributed by atoms with E-state index < -0.39 is 22.7 Å². The first-order valence-corrected chi connectivity index (χ1v) is 11.3. The van der Waals surface area contributed by atoms with Crippen molar-refractivity contribution < 1.29 is 23.9 Å². The molecule has 0 saturated carbocycles. The molecule has 1 unspecified atom stereocenters. The lowest BCUT2D eigenvalue weighted by Crippen LogP contribution is -2.37. The van der Waals surface area contributed by atoms with E-state index in [0.29, 0.717) is 23.5 Å². The van der Waals surface area contributed by atoms with Gasteiger partial charge in [0.25, 0.3) is 11.7 Å². The van der Waals surface area contributed by atoms with E-state index in [1.54, 1.807) is 45.0 Å². The van der Waals surface area contributed by atoms with Gasteiger partial charge in [0, 0.05) is 12.1 Å². The molecule has 0 fully saturated rings. The Bertz CT molecular complexity index is 1200. The Balaban J connectivity index is 1.89. The van der Waals surface area contributed by atoms with Crippen LogP contribution in [0.5, 0.6) is 5.75 Å². The van der Waals surface area contributed by atoms with E-state index in [2.05, 4.69) is 10.3 Å². The van der Waals surface area contributed by atoms with Gasteiger partial charge in [-0.15, -0.1) is 0 Å². The first-order chi connectivity index (χ1) is 17.1. The number of ether oxygens (including phenoxy) is 3. The number of non-ortho nitro benzene ring substituents is 1. The van der Waals surface area contributed by atoms with Crippen LogP contribution in [0, 0.1) is 10.1 Å². The Morgan fingerprint density at radius 3 is 2.31 bits per heavy atom. The number of alkyl carbamates (subject to hydrolysis) is 1. The smallest absolute Gasteiger partial charge is 0.415 e. The minimum absolute atomic E-state index is 0.0745. The molecule has 3 aromatic carbocycles. The number of aliphatic imine (C=N–C) groups is 1. The van der Waals surface area contributed by atoms with Gasteiger partial charge in [-0.25, -0.2) is 15.1 Å². The zero-order chi connectivity index (χ0) is 26.1. The summed E-state index contributed by atoms with van der Waals surface area (Å²) in [6.07, 6.45) is -0.731. The zero-order valence-corrected chi connectivity index (χ0v) is 20.6. The molecule has 1 atom stereocenters. The van der Waals surface area contributed by atoms with Crippen LogP contribution < -0.4 is 10.1 Å². The van der Waals surface area contributed by atoms with Crippen molar-refractivity contribution in [1.29, 1.82) is 0 Å². The molecule has 9 nitrogen and oxygen atoms in total. The maximum absolute atomic E-state index is 12.3.